The number of rotatable bonds is 4. The van der Waals surface area contributed by atoms with Crippen molar-refractivity contribution in [2.75, 3.05) is 13.1 Å². The van der Waals surface area contributed by atoms with Crippen molar-refractivity contribution in [3.8, 4) is 0 Å². The molecular weight excluding hydrogens is 220 g/mol. The van der Waals surface area contributed by atoms with Crippen LogP contribution in [0.5, 0.6) is 0 Å². The maximum Gasteiger partial charge on any atom is 0.0200 e. The lowest BCUT2D eigenvalue weighted by atomic mass is 9.79. The molecule has 2 fully saturated rings. The second kappa shape index (κ2) is 5.50. The van der Waals surface area contributed by atoms with Crippen LogP contribution in [-0.4, -0.2) is 36.1 Å². The van der Waals surface area contributed by atoms with Gasteiger partial charge >= 0.3 is 0 Å². The van der Waals surface area contributed by atoms with Gasteiger partial charge in [-0.2, -0.15) is 0 Å². The van der Waals surface area contributed by atoms with Crippen molar-refractivity contribution in [2.45, 2.75) is 78.4 Å². The highest BCUT2D eigenvalue weighted by Crippen LogP contribution is 2.32. The quantitative estimate of drug-likeness (QED) is 0.826. The minimum atomic E-state index is 0.467. The van der Waals surface area contributed by atoms with Gasteiger partial charge in [-0.3, -0.25) is 4.90 Å². The molecule has 0 aromatic heterocycles. The Hall–Kier alpha value is -0.0800. The van der Waals surface area contributed by atoms with Crippen molar-refractivity contribution in [1.29, 1.82) is 0 Å². The number of hydrogen-bond donors (Lipinski definition) is 1. The lowest BCUT2D eigenvalue weighted by molar-refractivity contribution is 0.0895. The van der Waals surface area contributed by atoms with E-state index in [-0.39, 0.29) is 0 Å². The van der Waals surface area contributed by atoms with E-state index < -0.39 is 0 Å². The van der Waals surface area contributed by atoms with E-state index in [1.807, 2.05) is 0 Å². The first kappa shape index (κ1) is 14.3. The molecule has 0 spiro atoms. The molecule has 0 amide bonds. The molecule has 2 atom stereocenters. The summed E-state index contributed by atoms with van der Waals surface area (Å²) in [5.74, 6) is 0.873. The topological polar surface area (TPSA) is 15.3 Å². The van der Waals surface area contributed by atoms with Crippen LogP contribution in [-0.2, 0) is 0 Å². The maximum atomic E-state index is 3.85. The van der Waals surface area contributed by atoms with E-state index in [9.17, 15) is 0 Å². The van der Waals surface area contributed by atoms with Gasteiger partial charge in [-0.05, 0) is 50.9 Å². The second-order valence-corrected chi connectivity index (χ2v) is 8.05. The van der Waals surface area contributed by atoms with Gasteiger partial charge in [0.1, 0.15) is 0 Å². The van der Waals surface area contributed by atoms with Crippen LogP contribution >= 0.6 is 0 Å². The molecule has 2 unspecified atom stereocenters. The first-order valence-electron chi connectivity index (χ1n) is 7.83. The standard InChI is InChI=1S/C16H32N2/c1-12(2)18-10-13(9-16(3,4)5)8-15(11-18)17-14-6-7-14/h12-15,17H,6-11H2,1-5H3. The predicted molar refractivity (Wildman–Crippen MR) is 78.8 cm³/mol. The van der Waals surface area contributed by atoms with Crippen LogP contribution in [0.4, 0.5) is 0 Å². The largest absolute Gasteiger partial charge is 0.310 e. The molecule has 1 aliphatic carbocycles. The van der Waals surface area contributed by atoms with E-state index in [1.165, 1.54) is 38.8 Å². The fourth-order valence-electron chi connectivity index (χ4n) is 3.38. The molecule has 18 heavy (non-hydrogen) atoms. The predicted octanol–water partition coefficient (Wildman–Crippen LogP) is 3.27. The summed E-state index contributed by atoms with van der Waals surface area (Å²) in [6.07, 6.45) is 5.56. The molecule has 1 saturated carbocycles. The zero-order chi connectivity index (χ0) is 13.3. The van der Waals surface area contributed by atoms with Crippen LogP contribution in [0.1, 0.15) is 60.3 Å². The Labute approximate surface area is 114 Å². The monoisotopic (exact) mass is 252 g/mol. The van der Waals surface area contributed by atoms with Crippen molar-refractivity contribution in [2.24, 2.45) is 11.3 Å². The number of nitrogens with one attached hydrogen (secondary N) is 1. The molecule has 1 saturated heterocycles. The summed E-state index contributed by atoms with van der Waals surface area (Å²) in [7, 11) is 0. The fraction of sp³-hybridized carbons (Fsp3) is 1.00. The highest BCUT2D eigenvalue weighted by atomic mass is 15.2. The van der Waals surface area contributed by atoms with Gasteiger partial charge in [0.25, 0.3) is 0 Å². The average Bonchev–Trinajstić information content (AvgIpc) is 2.98. The van der Waals surface area contributed by atoms with E-state index in [0.29, 0.717) is 11.5 Å². The molecule has 0 radical (unpaired) electrons. The third-order valence-corrected chi connectivity index (χ3v) is 4.25. The van der Waals surface area contributed by atoms with Crippen molar-refractivity contribution in [3.63, 3.8) is 0 Å². The summed E-state index contributed by atoms with van der Waals surface area (Å²) >= 11 is 0. The summed E-state index contributed by atoms with van der Waals surface area (Å²) in [6, 6.07) is 2.27. The first-order valence-corrected chi connectivity index (χ1v) is 7.83. The minimum Gasteiger partial charge on any atom is -0.310 e. The van der Waals surface area contributed by atoms with Crippen LogP contribution in [0.3, 0.4) is 0 Å². The lowest BCUT2D eigenvalue weighted by Gasteiger charge is -2.42. The molecule has 0 bridgehead atoms. The van der Waals surface area contributed by atoms with E-state index in [1.54, 1.807) is 0 Å². The zero-order valence-electron chi connectivity index (χ0n) is 13.0. The van der Waals surface area contributed by atoms with Gasteiger partial charge in [-0.1, -0.05) is 20.8 Å². The van der Waals surface area contributed by atoms with Crippen LogP contribution in [0.15, 0.2) is 0 Å². The maximum absolute atomic E-state index is 3.85. The molecule has 1 aliphatic heterocycles. The van der Waals surface area contributed by atoms with Crippen molar-refractivity contribution >= 4 is 0 Å². The Kier molecular flexibility index (Phi) is 4.38. The third kappa shape index (κ3) is 4.55. The molecule has 2 heteroatoms. The molecule has 2 nitrogen and oxygen atoms in total. The van der Waals surface area contributed by atoms with Crippen LogP contribution in [0, 0.1) is 11.3 Å². The first-order chi connectivity index (χ1) is 8.33. The van der Waals surface area contributed by atoms with Gasteiger partial charge < -0.3 is 5.32 Å². The summed E-state index contributed by atoms with van der Waals surface area (Å²) in [5, 5.41) is 3.85. The molecule has 106 valence electrons. The Morgan fingerprint density at radius 3 is 2.28 bits per heavy atom. The summed E-state index contributed by atoms with van der Waals surface area (Å²) in [6.45, 7) is 14.4. The van der Waals surface area contributed by atoms with Crippen molar-refractivity contribution in [1.82, 2.24) is 10.2 Å². The summed E-state index contributed by atoms with van der Waals surface area (Å²) in [4.78, 5) is 2.68. The smallest absolute Gasteiger partial charge is 0.0200 e. The lowest BCUT2D eigenvalue weighted by Crippen LogP contribution is -2.52. The van der Waals surface area contributed by atoms with E-state index >= 15 is 0 Å². The van der Waals surface area contributed by atoms with E-state index in [4.69, 9.17) is 0 Å². The number of likely N-dealkylation sites (tertiary alicyclic amines) is 1. The molecule has 2 rings (SSSR count). The van der Waals surface area contributed by atoms with Gasteiger partial charge in [0.2, 0.25) is 0 Å². The summed E-state index contributed by atoms with van der Waals surface area (Å²) < 4.78 is 0. The second-order valence-electron chi connectivity index (χ2n) is 8.05. The number of hydrogen-bond acceptors (Lipinski definition) is 2. The minimum absolute atomic E-state index is 0.467. The van der Waals surface area contributed by atoms with Crippen LogP contribution < -0.4 is 5.32 Å². The highest BCUT2D eigenvalue weighted by molar-refractivity contribution is 4.91. The Morgan fingerprint density at radius 2 is 1.78 bits per heavy atom. The Bertz CT molecular complexity index is 263. The van der Waals surface area contributed by atoms with Gasteiger partial charge in [0, 0.05) is 31.2 Å². The number of piperidine rings is 1. The molecule has 1 heterocycles. The van der Waals surface area contributed by atoms with E-state index in [2.05, 4.69) is 44.8 Å². The number of nitrogens with zero attached hydrogens (tertiary/aromatic N) is 1. The Balaban J connectivity index is 1.92. The van der Waals surface area contributed by atoms with Gasteiger partial charge in [0.05, 0.1) is 0 Å². The third-order valence-electron chi connectivity index (χ3n) is 4.25. The van der Waals surface area contributed by atoms with Gasteiger partial charge in [-0.15, -0.1) is 0 Å². The highest BCUT2D eigenvalue weighted by Gasteiger charge is 2.33. The van der Waals surface area contributed by atoms with E-state index in [0.717, 1.165) is 18.0 Å². The molecule has 0 aromatic rings. The molecular formula is C16H32N2. The van der Waals surface area contributed by atoms with Crippen LogP contribution in [0.2, 0.25) is 0 Å². The zero-order valence-corrected chi connectivity index (χ0v) is 13.0. The Morgan fingerprint density at radius 1 is 1.11 bits per heavy atom. The molecule has 0 aromatic carbocycles. The van der Waals surface area contributed by atoms with Gasteiger partial charge in [-0.25, -0.2) is 0 Å². The molecule has 2 aliphatic rings. The van der Waals surface area contributed by atoms with Crippen LogP contribution in [0.25, 0.3) is 0 Å². The van der Waals surface area contributed by atoms with Crippen molar-refractivity contribution < 1.29 is 0 Å². The fourth-order valence-corrected chi connectivity index (χ4v) is 3.38. The normalized spacial score (nSPS) is 31.0. The molecule has 1 N–H and O–H groups in total. The van der Waals surface area contributed by atoms with Crippen molar-refractivity contribution in [3.05, 3.63) is 0 Å². The van der Waals surface area contributed by atoms with Gasteiger partial charge in [0.15, 0.2) is 0 Å². The average molecular weight is 252 g/mol. The SMILES string of the molecule is CC(C)N1CC(CC(C)(C)C)CC(NC2CC2)C1. The summed E-state index contributed by atoms with van der Waals surface area (Å²) in [5.41, 5.74) is 0.467.